The maximum absolute atomic E-state index is 14.7. The fraction of sp³-hybridized carbons (Fsp3) is 0.606. The Morgan fingerprint density at radius 1 is 0.616 bits per heavy atom. The van der Waals surface area contributed by atoms with Gasteiger partial charge in [0.05, 0.1) is 29.9 Å². The highest BCUT2D eigenvalue weighted by atomic mass is 19.1. The number of aromatic amines is 2. The van der Waals surface area contributed by atoms with E-state index < -0.39 is 16.2 Å². The van der Waals surface area contributed by atoms with Crippen LogP contribution in [0.2, 0.25) is 0 Å². The van der Waals surface area contributed by atoms with Crippen LogP contribution in [0.15, 0.2) is 70.3 Å². The van der Waals surface area contributed by atoms with Crippen molar-refractivity contribution in [1.29, 1.82) is 0 Å². The number of benzene rings is 2. The van der Waals surface area contributed by atoms with Gasteiger partial charge in [0.2, 0.25) is 23.6 Å². The molecule has 0 radical (unpaired) electrons. The van der Waals surface area contributed by atoms with E-state index in [0.717, 1.165) is 74.1 Å². The Morgan fingerprint density at radius 3 is 1.45 bits per heavy atom. The van der Waals surface area contributed by atoms with Crippen LogP contribution in [0.3, 0.4) is 0 Å². The minimum absolute atomic E-state index is 0.00164. The van der Waals surface area contributed by atoms with Crippen molar-refractivity contribution in [2.24, 2.45) is 28.7 Å². The number of hydrogen-bond acceptors (Lipinski definition) is 12. The standard InChI is InChI=1S/C66H92F2N12O6/c1-42-32-77(38-57(82)79-40-64(3,4)59-54(79)28-46(61(84)73-59)26-44-15-19-50(67)20-16-44)52(30-71-42)36-75-24-10-12-48(34-75)66(63(70)86,23-9-7-8-14-56(69)81)49-13-11-25-76(35-49)37-53-31-72-43(2)33-78(53)39-58(83)80-41-65(5,6)60-55(80)29-47(62(85)74-60)27-45-17-21-51(68)22-18-45/h15-22,28-29,42-43,48-49,52-53,71-72H,7-14,23-27,30-41H2,1-6H3,(H2,69,81)(H2,70,86)(H,73,84)(H,74,85)/t42-,43-,48?,49?,52-,53-,66?/m1/s1. The number of piperidine rings is 2. The second-order valence-corrected chi connectivity index (χ2v) is 27.5. The Labute approximate surface area is 505 Å². The van der Waals surface area contributed by atoms with Crippen LogP contribution < -0.4 is 43.0 Å². The van der Waals surface area contributed by atoms with Gasteiger partial charge in [-0.15, -0.1) is 0 Å². The van der Waals surface area contributed by atoms with Crippen molar-refractivity contribution in [2.75, 3.05) is 101 Å². The molecular formula is C66H92F2N12O6. The molecular weight excluding hydrogens is 1090 g/mol. The van der Waals surface area contributed by atoms with Crippen LogP contribution in [0.1, 0.15) is 133 Å². The number of nitrogens with one attached hydrogen (secondary N) is 4. The predicted octanol–water partition coefficient (Wildman–Crippen LogP) is 5.13. The molecule has 6 aliphatic rings. The molecule has 8 heterocycles. The zero-order valence-corrected chi connectivity index (χ0v) is 51.5. The summed E-state index contributed by atoms with van der Waals surface area (Å²) in [7, 11) is 0. The number of likely N-dealkylation sites (tertiary alicyclic amines) is 2. The molecule has 4 saturated heterocycles. The lowest BCUT2D eigenvalue weighted by molar-refractivity contribution is -0.141. The lowest BCUT2D eigenvalue weighted by atomic mass is 9.59. The molecule has 18 nitrogen and oxygen atoms in total. The van der Waals surface area contributed by atoms with Gasteiger partial charge in [-0.25, -0.2) is 8.78 Å². The van der Waals surface area contributed by atoms with E-state index in [9.17, 15) is 37.5 Å². The number of H-pyrrole nitrogens is 2. The van der Waals surface area contributed by atoms with Crippen LogP contribution in [0.4, 0.5) is 20.2 Å². The van der Waals surface area contributed by atoms with E-state index in [1.807, 2.05) is 49.6 Å². The summed E-state index contributed by atoms with van der Waals surface area (Å²) in [6.45, 7) is 20.8. The first kappa shape index (κ1) is 62.9. The molecule has 20 heteroatoms. The normalized spacial score (nSPS) is 25.2. The number of anilines is 2. The summed E-state index contributed by atoms with van der Waals surface area (Å²) in [6, 6.07) is 16.2. The van der Waals surface area contributed by atoms with Gasteiger partial charge in [-0.3, -0.25) is 38.6 Å². The van der Waals surface area contributed by atoms with Gasteiger partial charge < -0.3 is 51.7 Å². The van der Waals surface area contributed by atoms with Crippen molar-refractivity contribution >= 4 is 35.0 Å². The predicted molar refractivity (Wildman–Crippen MR) is 331 cm³/mol. The average molecular weight is 1190 g/mol. The number of carbonyl (C=O) groups excluding carboxylic acids is 4. The number of primary amides is 2. The highest BCUT2D eigenvalue weighted by molar-refractivity contribution is 5.98. The van der Waals surface area contributed by atoms with E-state index in [1.54, 1.807) is 24.3 Å². The molecule has 6 atom stereocenters. The van der Waals surface area contributed by atoms with Gasteiger partial charge in [0.1, 0.15) is 11.6 Å². The van der Waals surface area contributed by atoms with Crippen LogP contribution >= 0.6 is 0 Å². The van der Waals surface area contributed by atoms with Crippen molar-refractivity contribution < 1.29 is 28.0 Å². The quantitative estimate of drug-likeness (QED) is 0.0598. The zero-order valence-electron chi connectivity index (χ0n) is 51.5. The number of amides is 4. The molecule has 0 aliphatic carbocycles. The molecule has 0 bridgehead atoms. The summed E-state index contributed by atoms with van der Waals surface area (Å²) in [4.78, 5) is 102. The summed E-state index contributed by atoms with van der Waals surface area (Å²) in [6.07, 6.45) is 7.14. The lowest BCUT2D eigenvalue weighted by Gasteiger charge is -2.52. The number of pyridine rings is 2. The third-order valence-corrected chi connectivity index (χ3v) is 20.0. The van der Waals surface area contributed by atoms with Gasteiger partial charge >= 0.3 is 0 Å². The number of piperazine rings is 2. The maximum atomic E-state index is 14.7. The summed E-state index contributed by atoms with van der Waals surface area (Å²) in [5, 5.41) is 7.38. The fourth-order valence-electron chi connectivity index (χ4n) is 15.4. The third-order valence-electron chi connectivity index (χ3n) is 20.0. The molecule has 2 unspecified atom stereocenters. The lowest BCUT2D eigenvalue weighted by Crippen LogP contribution is -2.63. The number of carbonyl (C=O) groups is 4. The third kappa shape index (κ3) is 14.1. The van der Waals surface area contributed by atoms with E-state index in [-0.39, 0.29) is 102 Å². The van der Waals surface area contributed by atoms with Crippen LogP contribution in [-0.4, -0.2) is 169 Å². The monoisotopic (exact) mass is 1190 g/mol. The summed E-state index contributed by atoms with van der Waals surface area (Å²) >= 11 is 0. The molecule has 6 aliphatic heterocycles. The molecule has 4 aromatic rings. The molecule has 8 N–H and O–H groups in total. The number of nitrogens with two attached hydrogens (primary N) is 2. The number of rotatable bonds is 21. The van der Waals surface area contributed by atoms with Gasteiger partial charge in [0.15, 0.2) is 0 Å². The van der Waals surface area contributed by atoms with E-state index in [1.165, 1.54) is 24.3 Å². The molecule has 4 amide bonds. The number of fused-ring (bicyclic) bond motifs is 2. The van der Waals surface area contributed by atoms with Crippen molar-refractivity contribution in [2.45, 2.75) is 147 Å². The first-order valence-electron chi connectivity index (χ1n) is 31.6. The van der Waals surface area contributed by atoms with Crippen molar-refractivity contribution in [3.8, 4) is 0 Å². The molecule has 466 valence electrons. The topological polar surface area (TPSA) is 230 Å². The largest absolute Gasteiger partial charge is 0.370 e. The van der Waals surface area contributed by atoms with Crippen molar-refractivity contribution in [1.82, 2.24) is 40.2 Å². The van der Waals surface area contributed by atoms with E-state index >= 15 is 0 Å². The highest BCUT2D eigenvalue weighted by Gasteiger charge is 2.52. The van der Waals surface area contributed by atoms with Gasteiger partial charge in [-0.2, -0.15) is 0 Å². The Morgan fingerprint density at radius 2 is 1.05 bits per heavy atom. The zero-order chi connectivity index (χ0) is 61.2. The van der Waals surface area contributed by atoms with Crippen LogP contribution in [-0.2, 0) is 42.8 Å². The number of unbranched alkanes of at least 4 members (excludes halogenated alkanes) is 2. The Hall–Kier alpha value is -6.16. The number of nitrogens with zero attached hydrogens (tertiary/aromatic N) is 6. The average Bonchev–Trinajstić information content (AvgIpc) is 1.72. The molecule has 2 aromatic carbocycles. The first-order valence-corrected chi connectivity index (χ1v) is 31.6. The summed E-state index contributed by atoms with van der Waals surface area (Å²) in [5.41, 5.74) is 15.7. The van der Waals surface area contributed by atoms with Crippen molar-refractivity contribution in [3.05, 3.63) is 127 Å². The van der Waals surface area contributed by atoms with Crippen LogP contribution in [0, 0.1) is 28.9 Å². The molecule has 0 saturated carbocycles. The Balaban J connectivity index is 0.837. The fourth-order valence-corrected chi connectivity index (χ4v) is 15.4. The molecule has 0 spiro atoms. The number of halogens is 2. The molecule has 86 heavy (non-hydrogen) atoms. The summed E-state index contributed by atoms with van der Waals surface area (Å²) < 4.78 is 27.6. The Kier molecular flexibility index (Phi) is 19.2. The highest BCUT2D eigenvalue weighted by Crippen LogP contribution is 2.49. The molecule has 10 rings (SSSR count). The Bertz CT molecular complexity index is 3030. The van der Waals surface area contributed by atoms with Gasteiger partial charge in [-0.1, -0.05) is 64.8 Å². The SMILES string of the molecule is C[C@@H]1CN(CC(=O)N2CC(C)(C)c3[nH]c(=O)c(Cc4ccc(F)cc4)cc32)[C@@H](CN2CCCC(C(CCCCCC(N)=O)(C(N)=O)C3CCCN(C[C@H]4CN[C@H](C)CN4CC(=O)N4CC(C)(C)c5[nH]c(=O)c(Cc6ccc(F)cc6)cc54)C3)C2)CN1. The van der Waals surface area contributed by atoms with Crippen LogP contribution in [0.25, 0.3) is 0 Å². The maximum Gasteiger partial charge on any atom is 0.251 e. The first-order chi connectivity index (χ1) is 41.0. The van der Waals surface area contributed by atoms with Gasteiger partial charge in [-0.05, 0) is 125 Å². The van der Waals surface area contributed by atoms with E-state index in [4.69, 9.17) is 11.5 Å². The van der Waals surface area contributed by atoms with Crippen molar-refractivity contribution in [3.63, 3.8) is 0 Å². The number of aromatic nitrogens is 2. The van der Waals surface area contributed by atoms with E-state index in [2.05, 4.69) is 54.0 Å². The second kappa shape index (κ2) is 26.3. The van der Waals surface area contributed by atoms with Crippen LogP contribution in [0.5, 0.6) is 0 Å². The smallest absolute Gasteiger partial charge is 0.251 e. The minimum atomic E-state index is -0.826. The number of hydrogen-bond donors (Lipinski definition) is 6. The van der Waals surface area contributed by atoms with E-state index in [0.29, 0.717) is 114 Å². The molecule has 4 fully saturated rings. The van der Waals surface area contributed by atoms with Gasteiger partial charge in [0, 0.05) is 142 Å². The van der Waals surface area contributed by atoms with Gasteiger partial charge in [0.25, 0.3) is 11.1 Å². The summed E-state index contributed by atoms with van der Waals surface area (Å²) in [5.74, 6) is -1.43. The minimum Gasteiger partial charge on any atom is -0.370 e. The second-order valence-electron chi connectivity index (χ2n) is 27.5. The molecule has 2 aromatic heterocycles.